The van der Waals surface area contributed by atoms with Crippen LogP contribution < -0.4 is 34.6 Å². The second-order valence-electron chi connectivity index (χ2n) is 10.6. The van der Waals surface area contributed by atoms with Crippen LogP contribution >= 0.6 is 0 Å². The van der Waals surface area contributed by atoms with E-state index in [-0.39, 0.29) is 46.9 Å². The van der Waals surface area contributed by atoms with Gasteiger partial charge in [0.1, 0.15) is 6.04 Å². The number of nitriles is 1. The molecule has 218 valence electrons. The van der Waals surface area contributed by atoms with Gasteiger partial charge < -0.3 is 33.2 Å². The van der Waals surface area contributed by atoms with Crippen molar-refractivity contribution in [2.24, 2.45) is 0 Å². The Balaban J connectivity index is 0.00000462. The number of allylic oxidation sites excluding steroid dienone is 1. The molecule has 0 spiro atoms. The maximum Gasteiger partial charge on any atom is 0.416 e. The normalized spacial score (nSPS) is 15.2. The highest BCUT2D eigenvalue weighted by atomic mass is 127. The summed E-state index contributed by atoms with van der Waals surface area (Å²) in [5.41, 5.74) is 0.605. The van der Waals surface area contributed by atoms with E-state index in [2.05, 4.69) is 37.4 Å². The first kappa shape index (κ1) is 31.9. The van der Waals surface area contributed by atoms with Crippen molar-refractivity contribution in [3.05, 3.63) is 86.5 Å². The number of anilines is 2. The third-order valence-electron chi connectivity index (χ3n) is 6.82. The largest absolute Gasteiger partial charge is 1.00 e. The molecule has 1 aliphatic heterocycles. The molecule has 41 heavy (non-hydrogen) atoms. The first-order chi connectivity index (χ1) is 18.8. The second-order valence-corrected chi connectivity index (χ2v) is 10.6. The summed E-state index contributed by atoms with van der Waals surface area (Å²) in [5, 5.41) is 16.1. The van der Waals surface area contributed by atoms with Gasteiger partial charge in [-0.25, -0.2) is 19.3 Å². The van der Waals surface area contributed by atoms with Crippen molar-refractivity contribution in [2.45, 2.75) is 32.0 Å². The van der Waals surface area contributed by atoms with Gasteiger partial charge in [0.25, 0.3) is 0 Å². The fourth-order valence-electron chi connectivity index (χ4n) is 4.98. The van der Waals surface area contributed by atoms with Gasteiger partial charge in [-0.15, -0.1) is 5.10 Å². The van der Waals surface area contributed by atoms with E-state index in [4.69, 9.17) is 4.74 Å². The number of hydrogen-bond donors (Lipinski definition) is 1. The van der Waals surface area contributed by atoms with Gasteiger partial charge in [-0.2, -0.15) is 18.4 Å². The predicted molar refractivity (Wildman–Crippen MR) is 142 cm³/mol. The number of esters is 1. The summed E-state index contributed by atoms with van der Waals surface area (Å²) in [7, 11) is 7.39. The van der Waals surface area contributed by atoms with Crippen molar-refractivity contribution < 1.29 is 51.2 Å². The SMILES string of the molecule is COC(=O)C1=C(C)N(c2cccc(C(F)(F)F)c2)c2n[nH]c(=O)n2[C@@H]1c1ccc(C#N)cc1CCC[N+](C)(C)C.[I-]. The summed E-state index contributed by atoms with van der Waals surface area (Å²) in [6.45, 7) is 2.41. The van der Waals surface area contributed by atoms with Crippen LogP contribution in [0.2, 0.25) is 0 Å². The zero-order valence-electron chi connectivity index (χ0n) is 23.2. The molecule has 3 aromatic rings. The number of H-pyrrole nitrogens is 1. The number of halogens is 4. The Bertz CT molecular complexity index is 1580. The van der Waals surface area contributed by atoms with Gasteiger partial charge in [0, 0.05) is 17.8 Å². The van der Waals surface area contributed by atoms with Gasteiger partial charge in [-0.1, -0.05) is 12.1 Å². The molecule has 0 unspecified atom stereocenters. The summed E-state index contributed by atoms with van der Waals surface area (Å²) in [6, 6.07) is 10.7. The van der Waals surface area contributed by atoms with E-state index in [9.17, 15) is 28.0 Å². The molecule has 1 N–H and O–H groups in total. The Morgan fingerprint density at radius 2 is 1.90 bits per heavy atom. The van der Waals surface area contributed by atoms with Crippen molar-refractivity contribution in [1.82, 2.24) is 14.8 Å². The van der Waals surface area contributed by atoms with Crippen LogP contribution in [-0.4, -0.2) is 60.0 Å². The number of nitrogens with one attached hydrogen (secondary N) is 1. The molecule has 1 aromatic heterocycles. The summed E-state index contributed by atoms with van der Waals surface area (Å²) < 4.78 is 47.7. The van der Waals surface area contributed by atoms with E-state index in [1.807, 2.05) is 0 Å². The van der Waals surface area contributed by atoms with E-state index in [1.54, 1.807) is 25.1 Å². The molecule has 0 saturated heterocycles. The number of hydrogen-bond acceptors (Lipinski definition) is 6. The van der Waals surface area contributed by atoms with Crippen molar-refractivity contribution in [1.29, 1.82) is 5.26 Å². The number of methoxy groups -OCH3 is 1. The molecule has 1 aliphatic rings. The first-order valence-electron chi connectivity index (χ1n) is 12.5. The Hall–Kier alpha value is -3.64. The van der Waals surface area contributed by atoms with Gasteiger partial charge in [0.15, 0.2) is 0 Å². The molecule has 0 radical (unpaired) electrons. The number of aromatic amines is 1. The molecule has 0 fully saturated rings. The average Bonchev–Trinajstić information content (AvgIpc) is 3.27. The van der Waals surface area contributed by atoms with Crippen LogP contribution in [0.1, 0.15) is 41.6 Å². The minimum absolute atomic E-state index is 0. The molecule has 0 aliphatic carbocycles. The van der Waals surface area contributed by atoms with Crippen LogP contribution in [0.25, 0.3) is 0 Å². The molecular weight excluding hydrogens is 652 g/mol. The molecular formula is C28H30F3IN6O3. The molecule has 2 heterocycles. The van der Waals surface area contributed by atoms with Gasteiger partial charge in [-0.05, 0) is 54.8 Å². The zero-order chi connectivity index (χ0) is 29.4. The fourth-order valence-corrected chi connectivity index (χ4v) is 4.98. The van der Waals surface area contributed by atoms with E-state index in [0.29, 0.717) is 17.5 Å². The molecule has 1 atom stereocenters. The van der Waals surface area contributed by atoms with Gasteiger partial charge >= 0.3 is 17.8 Å². The van der Waals surface area contributed by atoms with Crippen LogP contribution in [0.3, 0.4) is 0 Å². The van der Waals surface area contributed by atoms with Crippen LogP contribution in [0.4, 0.5) is 24.8 Å². The highest BCUT2D eigenvalue weighted by Crippen LogP contribution is 2.43. The first-order valence-corrected chi connectivity index (χ1v) is 12.5. The summed E-state index contributed by atoms with van der Waals surface area (Å²) in [5.74, 6) is -0.735. The third-order valence-corrected chi connectivity index (χ3v) is 6.82. The average molecular weight is 682 g/mol. The van der Waals surface area contributed by atoms with Crippen molar-refractivity contribution in [3.8, 4) is 6.07 Å². The summed E-state index contributed by atoms with van der Waals surface area (Å²) >= 11 is 0. The number of quaternary nitrogens is 1. The van der Waals surface area contributed by atoms with E-state index >= 15 is 0 Å². The van der Waals surface area contributed by atoms with Crippen LogP contribution in [0.15, 0.2) is 58.5 Å². The molecule has 4 rings (SSSR count). The van der Waals surface area contributed by atoms with Gasteiger partial charge in [0.05, 0.1) is 57.6 Å². The molecule has 0 bridgehead atoms. The smallest absolute Gasteiger partial charge is 0.416 e. The van der Waals surface area contributed by atoms with Crippen LogP contribution in [0, 0.1) is 11.3 Å². The standard InChI is InChI=1S/C28H29F3N6O3.HI/c1-17-23(25(38)40-5)24(22-12-11-18(16-32)14-19(22)8-7-13-37(2,3)4)36-26(33-34-27(36)39)35(17)21-10-6-9-20(15-21)28(29,30)31;/h6,9-12,14-15,24H,7-8,13H2,1-5H3;1H/t24-;/m1./s1. The van der Waals surface area contributed by atoms with Crippen molar-refractivity contribution in [2.75, 3.05) is 39.7 Å². The van der Waals surface area contributed by atoms with Gasteiger partial charge in [-0.3, -0.25) is 4.90 Å². The monoisotopic (exact) mass is 682 g/mol. The summed E-state index contributed by atoms with van der Waals surface area (Å²) in [4.78, 5) is 27.8. The number of aryl methyl sites for hydroxylation is 1. The maximum atomic E-state index is 13.6. The Morgan fingerprint density at radius 3 is 2.51 bits per heavy atom. The highest BCUT2D eigenvalue weighted by Gasteiger charge is 2.41. The zero-order valence-corrected chi connectivity index (χ0v) is 25.4. The Morgan fingerprint density at radius 1 is 1.20 bits per heavy atom. The topological polar surface area (TPSA) is 104 Å². The van der Waals surface area contributed by atoms with E-state index in [0.717, 1.165) is 35.1 Å². The lowest BCUT2D eigenvalue weighted by Crippen LogP contribution is -3.00. The number of fused-ring (bicyclic) bond motifs is 1. The minimum atomic E-state index is -4.61. The number of benzene rings is 2. The predicted octanol–water partition coefficient (Wildman–Crippen LogP) is 1.29. The molecule has 13 heteroatoms. The lowest BCUT2D eigenvalue weighted by atomic mass is 9.88. The van der Waals surface area contributed by atoms with E-state index in [1.165, 1.54) is 28.7 Å². The number of carbonyl (C=O) groups is 1. The lowest BCUT2D eigenvalue weighted by molar-refractivity contribution is -0.870. The third kappa shape index (κ3) is 6.48. The summed E-state index contributed by atoms with van der Waals surface area (Å²) in [6.07, 6.45) is -3.28. The number of rotatable bonds is 7. The molecule has 9 nitrogen and oxygen atoms in total. The number of aromatic nitrogens is 3. The molecule has 2 aromatic carbocycles. The Kier molecular flexibility index (Phi) is 9.39. The van der Waals surface area contributed by atoms with E-state index < -0.39 is 29.4 Å². The van der Waals surface area contributed by atoms with Crippen LogP contribution in [0.5, 0.6) is 0 Å². The van der Waals surface area contributed by atoms with Gasteiger partial charge in [0.2, 0.25) is 5.95 Å². The lowest BCUT2D eigenvalue weighted by Gasteiger charge is -2.36. The number of nitrogens with zero attached hydrogens (tertiary/aromatic N) is 5. The number of carbonyl (C=O) groups excluding carboxylic acids is 1. The fraction of sp³-hybridized carbons (Fsp3) is 0.357. The quantitative estimate of drug-likeness (QED) is 0.229. The minimum Gasteiger partial charge on any atom is -1.00 e. The molecule has 0 saturated carbocycles. The number of alkyl halides is 3. The highest BCUT2D eigenvalue weighted by molar-refractivity contribution is 5.93. The van der Waals surface area contributed by atoms with Crippen molar-refractivity contribution in [3.63, 3.8) is 0 Å². The second kappa shape index (κ2) is 12.1. The number of ether oxygens (including phenoxy) is 1. The Labute approximate surface area is 252 Å². The molecule has 0 amide bonds. The van der Waals surface area contributed by atoms with Crippen molar-refractivity contribution >= 4 is 17.6 Å². The maximum absolute atomic E-state index is 13.6. The van der Waals surface area contributed by atoms with Crippen LogP contribution in [-0.2, 0) is 22.1 Å².